The average molecular weight is 499 g/mol. The molecule has 0 bridgehead atoms. The Hall–Kier alpha value is -3.31. The van der Waals surface area contributed by atoms with E-state index in [0.717, 1.165) is 44.6 Å². The molecule has 0 atom stereocenters. The Labute approximate surface area is 217 Å². The third-order valence-corrected chi connectivity index (χ3v) is 9.24. The molecule has 6 rings (SSSR count). The molecule has 1 spiro atoms. The first-order valence-electron chi connectivity index (χ1n) is 13.2. The van der Waals surface area contributed by atoms with Gasteiger partial charge in [-0.2, -0.15) is 0 Å². The van der Waals surface area contributed by atoms with Crippen molar-refractivity contribution in [3.8, 4) is 0 Å². The summed E-state index contributed by atoms with van der Waals surface area (Å²) < 4.78 is 29.0. The summed E-state index contributed by atoms with van der Waals surface area (Å²) in [6.45, 7) is 0.502. The highest BCUT2D eigenvalue weighted by Gasteiger charge is 2.54. The van der Waals surface area contributed by atoms with E-state index in [4.69, 9.17) is 0 Å². The number of benzene rings is 3. The maximum absolute atomic E-state index is 14.9. The van der Waals surface area contributed by atoms with E-state index in [0.29, 0.717) is 6.54 Å². The van der Waals surface area contributed by atoms with Gasteiger partial charge in [-0.3, -0.25) is 9.69 Å². The minimum Gasteiger partial charge on any atom is -0.329 e. The molecule has 190 valence electrons. The van der Waals surface area contributed by atoms with E-state index in [2.05, 4.69) is 67.5 Å². The molecule has 0 saturated heterocycles. The van der Waals surface area contributed by atoms with Gasteiger partial charge in [-0.25, -0.2) is 8.78 Å². The van der Waals surface area contributed by atoms with Gasteiger partial charge in [0.15, 0.2) is 11.6 Å². The fourth-order valence-corrected chi connectivity index (χ4v) is 7.26. The van der Waals surface area contributed by atoms with Gasteiger partial charge in [-0.15, -0.1) is 0 Å². The van der Waals surface area contributed by atoms with Gasteiger partial charge in [0, 0.05) is 12.1 Å². The molecule has 5 heteroatoms. The van der Waals surface area contributed by atoms with E-state index in [1.165, 1.54) is 40.0 Å². The van der Waals surface area contributed by atoms with E-state index in [1.807, 2.05) is 11.0 Å². The number of fused-ring (bicyclic) bond motifs is 3. The number of halogens is 2. The second-order valence-electron chi connectivity index (χ2n) is 10.9. The number of nitrogens with zero attached hydrogens (tertiary/aromatic N) is 2. The molecule has 3 nitrogen and oxygen atoms in total. The van der Waals surface area contributed by atoms with Gasteiger partial charge in [0.2, 0.25) is 0 Å². The molecule has 2 aliphatic carbocycles. The minimum absolute atomic E-state index is 0.144. The van der Waals surface area contributed by atoms with Crippen molar-refractivity contribution < 1.29 is 13.6 Å². The highest BCUT2D eigenvalue weighted by Crippen LogP contribution is 2.55. The summed E-state index contributed by atoms with van der Waals surface area (Å²) >= 11 is 0. The standard InChI is InChI=1S/C32H32F2N2O/c1-35(2)31(23-10-4-3-5-11-23)16-18-32(19-17-31)27-21-22-9-6-7-12-24(22)25(27)15-20-36(32)30(37)26-13-8-14-28(33)29(26)34/h3-14H,15-21H2,1-2H3. The monoisotopic (exact) mass is 498 g/mol. The maximum Gasteiger partial charge on any atom is 0.257 e. The molecular weight excluding hydrogens is 466 g/mol. The third-order valence-electron chi connectivity index (χ3n) is 9.24. The Bertz CT molecular complexity index is 1390. The molecule has 3 aromatic rings. The number of carbonyl (C=O) groups is 1. The molecule has 3 aliphatic rings. The zero-order chi connectivity index (χ0) is 25.8. The fraction of sp³-hybridized carbons (Fsp3) is 0.344. The van der Waals surface area contributed by atoms with Crippen LogP contribution in [0.2, 0.25) is 0 Å². The van der Waals surface area contributed by atoms with Gasteiger partial charge in [-0.1, -0.05) is 60.7 Å². The predicted molar refractivity (Wildman–Crippen MR) is 142 cm³/mol. The van der Waals surface area contributed by atoms with Crippen molar-refractivity contribution in [1.82, 2.24) is 9.80 Å². The molecule has 3 aromatic carbocycles. The van der Waals surface area contributed by atoms with Crippen LogP contribution in [0.25, 0.3) is 5.57 Å². The van der Waals surface area contributed by atoms with E-state index < -0.39 is 23.1 Å². The number of hydrogen-bond acceptors (Lipinski definition) is 2. The normalized spacial score (nSPS) is 24.9. The molecule has 1 amide bonds. The first-order chi connectivity index (χ1) is 17.9. The Balaban J connectivity index is 1.45. The molecule has 1 heterocycles. The first kappa shape index (κ1) is 24.1. The lowest BCUT2D eigenvalue weighted by Gasteiger charge is -2.56. The van der Waals surface area contributed by atoms with Crippen molar-refractivity contribution in [2.75, 3.05) is 20.6 Å². The van der Waals surface area contributed by atoms with E-state index in [9.17, 15) is 13.6 Å². The zero-order valence-electron chi connectivity index (χ0n) is 21.4. The lowest BCUT2D eigenvalue weighted by atomic mass is 9.63. The fourth-order valence-electron chi connectivity index (χ4n) is 7.26. The topological polar surface area (TPSA) is 23.6 Å². The molecule has 1 fully saturated rings. The van der Waals surface area contributed by atoms with Crippen molar-refractivity contribution in [2.45, 2.75) is 49.6 Å². The van der Waals surface area contributed by atoms with E-state index in [1.54, 1.807) is 0 Å². The summed E-state index contributed by atoms with van der Waals surface area (Å²) in [5.41, 5.74) is 5.67. The maximum atomic E-state index is 14.9. The molecule has 37 heavy (non-hydrogen) atoms. The summed E-state index contributed by atoms with van der Waals surface area (Å²) in [7, 11) is 4.26. The van der Waals surface area contributed by atoms with E-state index in [-0.39, 0.29) is 11.1 Å². The quantitative estimate of drug-likeness (QED) is 0.407. The highest BCUT2D eigenvalue weighted by atomic mass is 19.2. The smallest absolute Gasteiger partial charge is 0.257 e. The molecule has 1 saturated carbocycles. The third kappa shape index (κ3) is 3.58. The van der Waals surface area contributed by atoms with Crippen molar-refractivity contribution in [3.63, 3.8) is 0 Å². The second kappa shape index (κ2) is 8.91. The van der Waals surface area contributed by atoms with Crippen molar-refractivity contribution >= 4 is 11.5 Å². The molecular formula is C32H32F2N2O. The van der Waals surface area contributed by atoms with Gasteiger partial charge < -0.3 is 4.90 Å². The van der Waals surface area contributed by atoms with Gasteiger partial charge in [-0.05, 0) is 92.6 Å². The summed E-state index contributed by atoms with van der Waals surface area (Å²) in [4.78, 5) is 18.2. The van der Waals surface area contributed by atoms with Gasteiger partial charge in [0.25, 0.3) is 5.91 Å². The van der Waals surface area contributed by atoms with Crippen molar-refractivity contribution in [3.05, 3.63) is 112 Å². The number of amides is 1. The Morgan fingerprint density at radius 3 is 2.30 bits per heavy atom. The summed E-state index contributed by atoms with van der Waals surface area (Å²) in [5.74, 6) is -2.44. The van der Waals surface area contributed by atoms with Crippen LogP contribution in [-0.2, 0) is 12.0 Å². The summed E-state index contributed by atoms with van der Waals surface area (Å²) in [6, 6.07) is 23.0. The minimum atomic E-state index is -1.06. The van der Waals surface area contributed by atoms with Crippen LogP contribution in [-0.4, -0.2) is 41.9 Å². The lowest BCUT2D eigenvalue weighted by Crippen LogP contribution is -2.60. The second-order valence-corrected chi connectivity index (χ2v) is 10.9. The molecule has 0 radical (unpaired) electrons. The lowest BCUT2D eigenvalue weighted by molar-refractivity contribution is 0.00695. The Morgan fingerprint density at radius 2 is 1.57 bits per heavy atom. The van der Waals surface area contributed by atoms with E-state index >= 15 is 0 Å². The predicted octanol–water partition coefficient (Wildman–Crippen LogP) is 6.59. The molecule has 0 N–H and O–H groups in total. The number of hydrogen-bond donors (Lipinski definition) is 0. The Morgan fingerprint density at radius 1 is 0.865 bits per heavy atom. The van der Waals surface area contributed by atoms with Crippen molar-refractivity contribution in [1.29, 1.82) is 0 Å². The number of carbonyl (C=O) groups excluding carboxylic acids is 1. The van der Waals surface area contributed by atoms with Crippen molar-refractivity contribution in [2.24, 2.45) is 0 Å². The summed E-state index contributed by atoms with van der Waals surface area (Å²) in [5, 5.41) is 0. The van der Waals surface area contributed by atoms with Crippen LogP contribution < -0.4 is 0 Å². The van der Waals surface area contributed by atoms with Crippen LogP contribution in [0.5, 0.6) is 0 Å². The van der Waals surface area contributed by atoms with Crippen LogP contribution in [0.15, 0.2) is 78.4 Å². The van der Waals surface area contributed by atoms with Crippen LogP contribution in [0.4, 0.5) is 8.78 Å². The van der Waals surface area contributed by atoms with Gasteiger partial charge in [0.05, 0.1) is 11.1 Å². The van der Waals surface area contributed by atoms with Gasteiger partial charge >= 0.3 is 0 Å². The molecule has 0 aromatic heterocycles. The number of rotatable bonds is 3. The largest absolute Gasteiger partial charge is 0.329 e. The van der Waals surface area contributed by atoms with Gasteiger partial charge in [0.1, 0.15) is 0 Å². The summed E-state index contributed by atoms with van der Waals surface area (Å²) in [6.07, 6.45) is 4.82. The SMILES string of the molecule is CN(C)C1(c2ccccc2)CCC2(CC1)C1=C(CCN2C(=O)c2cccc(F)c2F)c2ccccc2C1. The van der Waals surface area contributed by atoms with Crippen LogP contribution >= 0.6 is 0 Å². The van der Waals surface area contributed by atoms with Crippen LogP contribution in [0, 0.1) is 11.6 Å². The highest BCUT2D eigenvalue weighted by molar-refractivity contribution is 5.96. The van der Waals surface area contributed by atoms with Crippen LogP contribution in [0.3, 0.4) is 0 Å². The molecule has 0 unspecified atom stereocenters. The molecule has 1 aliphatic heterocycles. The first-order valence-corrected chi connectivity index (χ1v) is 13.2. The Kier molecular flexibility index (Phi) is 5.79. The average Bonchev–Trinajstić information content (AvgIpc) is 3.31. The van der Waals surface area contributed by atoms with Crippen LogP contribution in [0.1, 0.15) is 59.2 Å². The zero-order valence-corrected chi connectivity index (χ0v) is 21.4.